The zero-order valence-corrected chi connectivity index (χ0v) is 9.71. The van der Waals surface area contributed by atoms with Crippen LogP contribution in [0.2, 0.25) is 0 Å². The number of ether oxygens (including phenoxy) is 1. The molecule has 1 unspecified atom stereocenters. The van der Waals surface area contributed by atoms with Crippen molar-refractivity contribution in [2.75, 3.05) is 13.7 Å². The first-order valence-electron chi connectivity index (χ1n) is 5.27. The Hall–Kier alpha value is -1.06. The second kappa shape index (κ2) is 5.14. The predicted molar refractivity (Wildman–Crippen MR) is 63.1 cm³/mol. The summed E-state index contributed by atoms with van der Waals surface area (Å²) in [4.78, 5) is 0. The molecule has 15 heavy (non-hydrogen) atoms. The molecule has 3 heteroatoms. The Balaban J connectivity index is 3.19. The third-order valence-electron chi connectivity index (χ3n) is 2.64. The van der Waals surface area contributed by atoms with E-state index in [1.165, 1.54) is 5.56 Å². The highest BCUT2D eigenvalue weighted by Gasteiger charge is 2.10. The normalized spacial score (nSPS) is 12.6. The zero-order valence-electron chi connectivity index (χ0n) is 9.71. The molecule has 0 aliphatic heterocycles. The Labute approximate surface area is 91.4 Å². The summed E-state index contributed by atoms with van der Waals surface area (Å²) in [5.74, 6) is 0.963. The minimum Gasteiger partial charge on any atom is -0.496 e. The van der Waals surface area contributed by atoms with Crippen LogP contribution in [-0.2, 0) is 6.42 Å². The van der Waals surface area contributed by atoms with E-state index in [-0.39, 0.29) is 6.04 Å². The number of nitrogens with two attached hydrogens (primary N) is 2. The average molecular weight is 208 g/mol. The van der Waals surface area contributed by atoms with Gasteiger partial charge in [-0.2, -0.15) is 0 Å². The summed E-state index contributed by atoms with van der Waals surface area (Å²) >= 11 is 0. The van der Waals surface area contributed by atoms with E-state index in [4.69, 9.17) is 16.2 Å². The van der Waals surface area contributed by atoms with E-state index in [9.17, 15) is 0 Å². The molecule has 0 fully saturated rings. The fourth-order valence-corrected chi connectivity index (χ4v) is 1.78. The quantitative estimate of drug-likeness (QED) is 0.788. The Kier molecular flexibility index (Phi) is 4.12. The van der Waals surface area contributed by atoms with Crippen LogP contribution in [0.25, 0.3) is 0 Å². The van der Waals surface area contributed by atoms with Gasteiger partial charge in [-0.15, -0.1) is 0 Å². The second-order valence-electron chi connectivity index (χ2n) is 3.73. The predicted octanol–water partition coefficient (Wildman–Crippen LogP) is 1.52. The monoisotopic (exact) mass is 208 g/mol. The first-order chi connectivity index (χ1) is 7.13. The van der Waals surface area contributed by atoms with Crippen molar-refractivity contribution in [3.05, 3.63) is 28.8 Å². The van der Waals surface area contributed by atoms with Crippen molar-refractivity contribution >= 4 is 0 Å². The van der Waals surface area contributed by atoms with Crippen molar-refractivity contribution in [3.63, 3.8) is 0 Å². The Morgan fingerprint density at radius 1 is 1.40 bits per heavy atom. The molecule has 0 spiro atoms. The number of benzene rings is 1. The maximum absolute atomic E-state index is 5.91. The van der Waals surface area contributed by atoms with E-state index in [0.29, 0.717) is 6.54 Å². The van der Waals surface area contributed by atoms with Crippen molar-refractivity contribution in [2.45, 2.75) is 26.3 Å². The summed E-state index contributed by atoms with van der Waals surface area (Å²) in [6.45, 7) is 4.61. The molecular formula is C12H20N2O. The van der Waals surface area contributed by atoms with Gasteiger partial charge in [-0.3, -0.25) is 0 Å². The van der Waals surface area contributed by atoms with E-state index in [1.807, 2.05) is 6.92 Å². The first kappa shape index (κ1) is 12.0. The van der Waals surface area contributed by atoms with Gasteiger partial charge in [0, 0.05) is 12.6 Å². The minimum absolute atomic E-state index is 0.0834. The molecule has 1 aromatic rings. The molecule has 0 bridgehead atoms. The topological polar surface area (TPSA) is 61.3 Å². The molecule has 0 aliphatic rings. The summed E-state index contributed by atoms with van der Waals surface area (Å²) in [6, 6.07) is 4.05. The lowest BCUT2D eigenvalue weighted by atomic mass is 9.99. The van der Waals surface area contributed by atoms with Gasteiger partial charge in [0.15, 0.2) is 0 Å². The van der Waals surface area contributed by atoms with Gasteiger partial charge in [0.1, 0.15) is 5.75 Å². The summed E-state index contributed by atoms with van der Waals surface area (Å²) in [5, 5.41) is 0. The molecule has 4 N–H and O–H groups in total. The summed E-state index contributed by atoms with van der Waals surface area (Å²) < 4.78 is 5.36. The molecule has 84 valence electrons. The number of hydrogen-bond acceptors (Lipinski definition) is 3. The maximum atomic E-state index is 5.91. The van der Waals surface area contributed by atoms with Crippen LogP contribution in [-0.4, -0.2) is 13.7 Å². The highest BCUT2D eigenvalue weighted by molar-refractivity contribution is 5.45. The van der Waals surface area contributed by atoms with Gasteiger partial charge in [0.2, 0.25) is 0 Å². The zero-order chi connectivity index (χ0) is 11.4. The van der Waals surface area contributed by atoms with Crippen LogP contribution in [0.15, 0.2) is 12.1 Å². The molecule has 3 nitrogen and oxygen atoms in total. The minimum atomic E-state index is -0.0834. The summed E-state index contributed by atoms with van der Waals surface area (Å²) in [6.07, 6.45) is 0.940. The van der Waals surface area contributed by atoms with E-state index in [1.54, 1.807) is 7.11 Å². The van der Waals surface area contributed by atoms with E-state index in [2.05, 4.69) is 19.1 Å². The number of rotatable bonds is 4. The second-order valence-corrected chi connectivity index (χ2v) is 3.73. The summed E-state index contributed by atoms with van der Waals surface area (Å²) in [7, 11) is 1.70. The maximum Gasteiger partial charge on any atom is 0.124 e. The Bertz CT molecular complexity index is 337. The van der Waals surface area contributed by atoms with E-state index in [0.717, 1.165) is 23.3 Å². The van der Waals surface area contributed by atoms with Crippen molar-refractivity contribution in [3.8, 4) is 5.75 Å². The number of methoxy groups -OCH3 is 1. The standard InChI is InChI=1S/C12H20N2O/c1-4-9-6-10(11(14)7-13)5-8(2)12(9)15-3/h5-6,11H,4,7,13-14H2,1-3H3. The third-order valence-corrected chi connectivity index (χ3v) is 2.64. The average Bonchev–Trinajstić information content (AvgIpc) is 2.26. The van der Waals surface area contributed by atoms with Crippen LogP contribution in [0.5, 0.6) is 5.75 Å². The molecule has 0 aliphatic carbocycles. The Morgan fingerprint density at radius 3 is 2.53 bits per heavy atom. The van der Waals surface area contributed by atoms with Crippen LogP contribution < -0.4 is 16.2 Å². The SMILES string of the molecule is CCc1cc(C(N)CN)cc(C)c1OC. The first-order valence-corrected chi connectivity index (χ1v) is 5.27. The van der Waals surface area contributed by atoms with Gasteiger partial charge in [-0.1, -0.05) is 19.1 Å². The van der Waals surface area contributed by atoms with Crippen molar-refractivity contribution in [2.24, 2.45) is 11.5 Å². The third kappa shape index (κ3) is 2.49. The molecular weight excluding hydrogens is 188 g/mol. The van der Waals surface area contributed by atoms with Gasteiger partial charge in [-0.25, -0.2) is 0 Å². The van der Waals surface area contributed by atoms with E-state index >= 15 is 0 Å². The molecule has 1 atom stereocenters. The highest BCUT2D eigenvalue weighted by atomic mass is 16.5. The van der Waals surface area contributed by atoms with Crippen LogP contribution in [0, 0.1) is 6.92 Å². The largest absolute Gasteiger partial charge is 0.496 e. The van der Waals surface area contributed by atoms with Gasteiger partial charge in [-0.05, 0) is 30.0 Å². The highest BCUT2D eigenvalue weighted by Crippen LogP contribution is 2.27. The Morgan fingerprint density at radius 2 is 2.07 bits per heavy atom. The van der Waals surface area contributed by atoms with Gasteiger partial charge in [0.25, 0.3) is 0 Å². The van der Waals surface area contributed by atoms with Gasteiger partial charge in [0.05, 0.1) is 7.11 Å². The molecule has 0 saturated carbocycles. The van der Waals surface area contributed by atoms with Crippen LogP contribution >= 0.6 is 0 Å². The molecule has 1 aromatic carbocycles. The van der Waals surface area contributed by atoms with Crippen molar-refractivity contribution < 1.29 is 4.74 Å². The van der Waals surface area contributed by atoms with Crippen LogP contribution in [0.4, 0.5) is 0 Å². The van der Waals surface area contributed by atoms with Crippen LogP contribution in [0.3, 0.4) is 0 Å². The molecule has 0 amide bonds. The van der Waals surface area contributed by atoms with E-state index < -0.39 is 0 Å². The number of aryl methyl sites for hydroxylation is 2. The number of hydrogen-bond donors (Lipinski definition) is 2. The smallest absolute Gasteiger partial charge is 0.124 e. The molecule has 0 radical (unpaired) electrons. The molecule has 0 heterocycles. The van der Waals surface area contributed by atoms with Gasteiger partial charge < -0.3 is 16.2 Å². The molecule has 0 aromatic heterocycles. The lowest BCUT2D eigenvalue weighted by molar-refractivity contribution is 0.406. The van der Waals surface area contributed by atoms with Crippen molar-refractivity contribution in [1.29, 1.82) is 0 Å². The van der Waals surface area contributed by atoms with Gasteiger partial charge >= 0.3 is 0 Å². The fourth-order valence-electron chi connectivity index (χ4n) is 1.78. The van der Waals surface area contributed by atoms with Crippen molar-refractivity contribution in [1.82, 2.24) is 0 Å². The lowest BCUT2D eigenvalue weighted by Gasteiger charge is -2.16. The summed E-state index contributed by atoms with van der Waals surface area (Å²) in [5.41, 5.74) is 14.9. The molecule has 0 saturated heterocycles. The molecule has 1 rings (SSSR count). The fraction of sp³-hybridized carbons (Fsp3) is 0.500. The lowest BCUT2D eigenvalue weighted by Crippen LogP contribution is -2.21. The van der Waals surface area contributed by atoms with Crippen LogP contribution in [0.1, 0.15) is 29.7 Å².